The number of nitrogens with zero attached hydrogens (tertiary/aromatic N) is 7. The number of anilines is 2. The maximum atomic E-state index is 15.6. The highest BCUT2D eigenvalue weighted by Gasteiger charge is 2.50. The molecule has 6 heterocycles. The van der Waals surface area contributed by atoms with Gasteiger partial charge in [0.05, 0.1) is 19.3 Å². The lowest BCUT2D eigenvalue weighted by Crippen LogP contribution is -2.44. The fraction of sp³-hybridized carbons (Fsp3) is 0.438. The van der Waals surface area contributed by atoms with Crippen molar-refractivity contribution in [2.75, 3.05) is 30.9 Å². The van der Waals surface area contributed by atoms with Gasteiger partial charge < -0.3 is 29.7 Å². The lowest BCUT2D eigenvalue weighted by Gasteiger charge is -2.24. The van der Waals surface area contributed by atoms with E-state index in [2.05, 4.69) is 45.3 Å². The number of benzene rings is 1. The molecule has 4 aromatic heterocycles. The zero-order chi connectivity index (χ0) is 39.9. The molecule has 2 amide bonds. The molecule has 1 aromatic carbocycles. The Balaban J connectivity index is 1.07. The lowest BCUT2D eigenvalue weighted by molar-refractivity contribution is -0.118. The van der Waals surface area contributed by atoms with E-state index >= 15 is 4.39 Å². The average Bonchev–Trinajstić information content (AvgIpc) is 3.95. The fourth-order valence-electron chi connectivity index (χ4n) is 6.26. The van der Waals surface area contributed by atoms with E-state index in [1.807, 2.05) is 0 Å². The standard InChI is InChI=1S/C32H36FN11O11S/c1-14(2)27(47)41-32-40-26-20(29(49)42-32)37-13-44(26)31-23(22(52-3)17(10-45)54-31)55-56(50,51)38-9-16-21(46)18(33)30(53-16)43-12-36-19-24(34-11-35-25(19)43)39-28(48)15-7-5-4-6-8-15/h4-8,11-14,16-18,21-23,30-31,38,45-46H,9-10H2,1-3H3,(H,34,35,39,48)(H2,40,41,42,47,49)/t16-,17-,18-,21-,22+,23-,30-,31-/m1/s1. The molecule has 7 rings (SSSR count). The Morgan fingerprint density at radius 1 is 0.982 bits per heavy atom. The average molecular weight is 802 g/mol. The van der Waals surface area contributed by atoms with E-state index in [9.17, 15) is 33.0 Å². The summed E-state index contributed by atoms with van der Waals surface area (Å²) in [5, 5.41) is 25.9. The summed E-state index contributed by atoms with van der Waals surface area (Å²) < 4.78 is 69.6. The third-order valence-corrected chi connectivity index (χ3v) is 10.1. The second kappa shape index (κ2) is 15.7. The van der Waals surface area contributed by atoms with Gasteiger partial charge in [-0.2, -0.15) is 18.1 Å². The van der Waals surface area contributed by atoms with Crippen molar-refractivity contribution in [3.63, 3.8) is 0 Å². The summed E-state index contributed by atoms with van der Waals surface area (Å²) in [4.78, 5) is 61.0. The molecular weight excluding hydrogens is 765 g/mol. The van der Waals surface area contributed by atoms with E-state index in [1.54, 1.807) is 44.2 Å². The number of alkyl halides is 1. The number of H-pyrrole nitrogens is 1. The molecule has 0 bridgehead atoms. The highest BCUT2D eigenvalue weighted by atomic mass is 32.2. The van der Waals surface area contributed by atoms with Gasteiger partial charge in [0.15, 0.2) is 52.9 Å². The van der Waals surface area contributed by atoms with Crippen LogP contribution in [0.15, 0.2) is 54.1 Å². The maximum Gasteiger partial charge on any atom is 0.336 e. The summed E-state index contributed by atoms with van der Waals surface area (Å²) in [6, 6.07) is 8.33. The fourth-order valence-corrected chi connectivity index (χ4v) is 7.19. The summed E-state index contributed by atoms with van der Waals surface area (Å²) in [5.74, 6) is -1.54. The molecule has 24 heteroatoms. The number of nitrogens with one attached hydrogen (secondary N) is 4. The summed E-state index contributed by atoms with van der Waals surface area (Å²) in [6.45, 7) is 1.96. The van der Waals surface area contributed by atoms with Gasteiger partial charge in [-0.05, 0) is 12.1 Å². The Hall–Kier alpha value is -5.34. The van der Waals surface area contributed by atoms with Gasteiger partial charge in [-0.1, -0.05) is 32.0 Å². The van der Waals surface area contributed by atoms with E-state index in [0.717, 1.165) is 12.7 Å². The maximum absolute atomic E-state index is 15.6. The second-order valence-corrected chi connectivity index (χ2v) is 14.4. The number of imidazole rings is 2. The number of carbonyl (C=O) groups is 2. The number of aromatic amines is 1. The zero-order valence-corrected chi connectivity index (χ0v) is 30.5. The topological polar surface area (TPSA) is 289 Å². The van der Waals surface area contributed by atoms with Gasteiger partial charge in [0.25, 0.3) is 11.5 Å². The molecule has 2 aliphatic heterocycles. The highest BCUT2D eigenvalue weighted by Crippen LogP contribution is 2.37. The van der Waals surface area contributed by atoms with Gasteiger partial charge in [-0.15, -0.1) is 0 Å². The van der Waals surface area contributed by atoms with Crippen LogP contribution in [0.2, 0.25) is 0 Å². The van der Waals surface area contributed by atoms with E-state index < -0.39 is 95.9 Å². The van der Waals surface area contributed by atoms with Crippen LogP contribution in [0.4, 0.5) is 16.2 Å². The van der Waals surface area contributed by atoms with Crippen LogP contribution in [0.1, 0.15) is 36.7 Å². The molecule has 298 valence electrons. The first kappa shape index (κ1) is 38.9. The summed E-state index contributed by atoms with van der Waals surface area (Å²) in [5.41, 5.74) is -0.496. The van der Waals surface area contributed by atoms with Gasteiger partial charge >= 0.3 is 10.3 Å². The molecule has 0 saturated carbocycles. The van der Waals surface area contributed by atoms with Gasteiger partial charge in [0, 0.05) is 25.1 Å². The molecule has 5 aromatic rings. The summed E-state index contributed by atoms with van der Waals surface area (Å²) in [6.07, 6.45) is -8.71. The summed E-state index contributed by atoms with van der Waals surface area (Å²) >= 11 is 0. The Kier molecular flexibility index (Phi) is 10.9. The number of fused-ring (bicyclic) bond motifs is 2. The third-order valence-electron chi connectivity index (χ3n) is 9.10. The first-order valence-corrected chi connectivity index (χ1v) is 18.5. The second-order valence-electron chi connectivity index (χ2n) is 13.1. The van der Waals surface area contributed by atoms with Crippen molar-refractivity contribution in [2.45, 2.75) is 63.0 Å². The SMILES string of the molecule is CO[C@@H]1[C@@H](OS(=O)(=O)NC[C@H]2O[C@@H](n3cnc4c(NC(=O)c5ccccc5)ncnc43)[C@H](F)[C@@H]2O)[C@H](n2cnc3c(=O)[nH]c(NC(=O)C(C)C)nc32)O[C@@H]1CO. The zero-order valence-electron chi connectivity index (χ0n) is 29.7. The van der Waals surface area contributed by atoms with Crippen molar-refractivity contribution in [1.82, 2.24) is 43.8 Å². The third kappa shape index (κ3) is 7.47. The number of aromatic nitrogens is 8. The van der Waals surface area contributed by atoms with Crippen LogP contribution in [0.3, 0.4) is 0 Å². The number of rotatable bonds is 13. The van der Waals surface area contributed by atoms with Crippen LogP contribution >= 0.6 is 0 Å². The minimum atomic E-state index is -4.80. The number of hydrogen-bond acceptors (Lipinski definition) is 16. The van der Waals surface area contributed by atoms with Crippen LogP contribution in [-0.4, -0.2) is 126 Å². The molecule has 0 radical (unpaired) electrons. The van der Waals surface area contributed by atoms with E-state index in [0.29, 0.717) is 5.56 Å². The number of hydrogen-bond donors (Lipinski definition) is 6. The highest BCUT2D eigenvalue weighted by molar-refractivity contribution is 7.84. The number of carbonyl (C=O) groups excluding carboxylic acids is 2. The molecule has 56 heavy (non-hydrogen) atoms. The van der Waals surface area contributed by atoms with Crippen molar-refractivity contribution in [2.24, 2.45) is 5.92 Å². The number of aliphatic hydroxyl groups excluding tert-OH is 2. The van der Waals surface area contributed by atoms with Crippen LogP contribution in [-0.2, 0) is 33.5 Å². The van der Waals surface area contributed by atoms with Crippen molar-refractivity contribution in [1.29, 1.82) is 0 Å². The summed E-state index contributed by atoms with van der Waals surface area (Å²) in [7, 11) is -3.56. The Bertz CT molecular complexity index is 2410. The first-order valence-electron chi connectivity index (χ1n) is 17.1. The molecule has 2 saturated heterocycles. The first-order chi connectivity index (χ1) is 26.8. The van der Waals surface area contributed by atoms with Crippen molar-refractivity contribution >= 4 is 56.2 Å². The van der Waals surface area contributed by atoms with Gasteiger partial charge in [-0.3, -0.25) is 33.8 Å². The smallest absolute Gasteiger partial charge is 0.336 e. The Labute approximate surface area is 315 Å². The lowest BCUT2D eigenvalue weighted by atomic mass is 10.1. The predicted octanol–water partition coefficient (Wildman–Crippen LogP) is -0.473. The number of amides is 2. The monoisotopic (exact) mass is 801 g/mol. The Morgan fingerprint density at radius 2 is 1.68 bits per heavy atom. The van der Waals surface area contributed by atoms with E-state index in [4.69, 9.17) is 18.4 Å². The molecule has 0 aliphatic carbocycles. The van der Waals surface area contributed by atoms with E-state index in [-0.39, 0.29) is 34.1 Å². The largest absolute Gasteiger partial charge is 0.394 e. The molecule has 0 unspecified atom stereocenters. The van der Waals surface area contributed by atoms with Gasteiger partial charge in [-0.25, -0.2) is 28.5 Å². The Morgan fingerprint density at radius 3 is 2.38 bits per heavy atom. The number of halogens is 1. The number of ether oxygens (including phenoxy) is 3. The van der Waals surface area contributed by atoms with Gasteiger partial charge in [0.1, 0.15) is 30.7 Å². The van der Waals surface area contributed by atoms with Crippen LogP contribution in [0.25, 0.3) is 22.3 Å². The molecule has 22 nitrogen and oxygen atoms in total. The molecule has 6 N–H and O–H groups in total. The van der Waals surface area contributed by atoms with Crippen molar-refractivity contribution < 1.29 is 51.0 Å². The minimum absolute atomic E-state index is 0.0367. The predicted molar refractivity (Wildman–Crippen MR) is 190 cm³/mol. The van der Waals surface area contributed by atoms with Crippen LogP contribution in [0, 0.1) is 5.92 Å². The van der Waals surface area contributed by atoms with E-state index in [1.165, 1.54) is 22.6 Å². The number of aliphatic hydroxyl groups is 2. The van der Waals surface area contributed by atoms with Crippen molar-refractivity contribution in [3.8, 4) is 0 Å². The molecule has 8 atom stereocenters. The normalized spacial score (nSPS) is 25.3. The molecular formula is C32H36FN11O11S. The molecule has 0 spiro atoms. The van der Waals surface area contributed by atoms with Crippen LogP contribution < -0.4 is 20.9 Å². The number of methoxy groups -OCH3 is 1. The molecule has 2 fully saturated rings. The minimum Gasteiger partial charge on any atom is -0.394 e. The van der Waals surface area contributed by atoms with Gasteiger partial charge in [0.2, 0.25) is 11.9 Å². The van der Waals surface area contributed by atoms with Crippen molar-refractivity contribution in [3.05, 3.63) is 65.2 Å². The quantitative estimate of drug-likeness (QED) is 0.0877. The van der Waals surface area contributed by atoms with Crippen LogP contribution in [0.5, 0.6) is 0 Å². The molecule has 2 aliphatic rings.